The normalized spacial score (nSPS) is 20.1. The Morgan fingerprint density at radius 2 is 1.77 bits per heavy atom. The second-order valence-electron chi connectivity index (χ2n) is 7.62. The van der Waals surface area contributed by atoms with Crippen molar-refractivity contribution in [3.05, 3.63) is 40.9 Å². The van der Waals surface area contributed by atoms with Crippen molar-refractivity contribution >= 4 is 23.2 Å². The number of amides is 1. The molecule has 8 heteroatoms. The minimum absolute atomic E-state index is 0.114. The molecule has 5 rings (SSSR count). The van der Waals surface area contributed by atoms with Crippen molar-refractivity contribution in [2.24, 2.45) is 0 Å². The highest BCUT2D eigenvalue weighted by atomic mass is 35.5. The summed E-state index contributed by atoms with van der Waals surface area (Å²) >= 11 is 6.28. The molecule has 2 aromatic carbocycles. The highest BCUT2D eigenvalue weighted by molar-refractivity contribution is 6.34. The lowest BCUT2D eigenvalue weighted by Crippen LogP contribution is -2.33. The average Bonchev–Trinajstić information content (AvgIpc) is 3.31. The van der Waals surface area contributed by atoms with E-state index in [0.717, 1.165) is 42.9 Å². The van der Waals surface area contributed by atoms with Gasteiger partial charge in [-0.05, 0) is 37.1 Å². The monoisotopic (exact) mass is 430 g/mol. The van der Waals surface area contributed by atoms with E-state index in [1.54, 1.807) is 12.1 Å². The fourth-order valence-corrected chi connectivity index (χ4v) is 4.37. The fourth-order valence-electron chi connectivity index (χ4n) is 4.17. The van der Waals surface area contributed by atoms with Crippen molar-refractivity contribution in [1.29, 1.82) is 0 Å². The van der Waals surface area contributed by atoms with Gasteiger partial charge in [0, 0.05) is 24.6 Å². The molecule has 7 nitrogen and oxygen atoms in total. The maximum absolute atomic E-state index is 12.7. The summed E-state index contributed by atoms with van der Waals surface area (Å²) in [6.07, 6.45) is 2.91. The van der Waals surface area contributed by atoms with Gasteiger partial charge in [0.2, 0.25) is 12.7 Å². The smallest absolute Gasteiger partial charge is 0.238 e. The topological polar surface area (TPSA) is 69.3 Å². The Kier molecular flexibility index (Phi) is 5.31. The molecule has 2 aromatic rings. The van der Waals surface area contributed by atoms with E-state index in [4.69, 9.17) is 30.5 Å². The van der Waals surface area contributed by atoms with E-state index in [1.165, 1.54) is 0 Å². The molecule has 1 N–H and O–H groups in total. The number of nitrogens with one attached hydrogen (secondary N) is 1. The lowest BCUT2D eigenvalue weighted by atomic mass is 10.0. The van der Waals surface area contributed by atoms with Crippen LogP contribution in [-0.4, -0.2) is 43.9 Å². The average molecular weight is 431 g/mol. The van der Waals surface area contributed by atoms with Crippen LogP contribution in [0.2, 0.25) is 5.02 Å². The quantitative estimate of drug-likeness (QED) is 0.790. The second kappa shape index (κ2) is 8.24. The third-order valence-electron chi connectivity index (χ3n) is 5.60. The number of fused-ring (bicyclic) bond motifs is 2. The van der Waals surface area contributed by atoms with Crippen LogP contribution in [0.3, 0.4) is 0 Å². The van der Waals surface area contributed by atoms with Crippen LogP contribution in [0, 0.1) is 0 Å². The first-order valence-corrected chi connectivity index (χ1v) is 10.6. The number of ether oxygens (including phenoxy) is 4. The van der Waals surface area contributed by atoms with E-state index in [1.807, 2.05) is 6.07 Å². The van der Waals surface area contributed by atoms with Crippen LogP contribution >= 0.6 is 11.6 Å². The highest BCUT2D eigenvalue weighted by Gasteiger charge is 2.29. The van der Waals surface area contributed by atoms with Crippen LogP contribution in [0.4, 0.5) is 5.69 Å². The number of carbonyl (C=O) groups is 1. The number of rotatable bonds is 4. The van der Waals surface area contributed by atoms with Gasteiger partial charge in [-0.25, -0.2) is 0 Å². The zero-order valence-corrected chi connectivity index (χ0v) is 17.2. The Morgan fingerprint density at radius 3 is 2.63 bits per heavy atom. The van der Waals surface area contributed by atoms with Crippen molar-refractivity contribution in [2.75, 3.05) is 38.4 Å². The molecule has 1 amide bonds. The summed E-state index contributed by atoms with van der Waals surface area (Å²) in [6.45, 7) is 2.63. The maximum Gasteiger partial charge on any atom is 0.238 e. The van der Waals surface area contributed by atoms with Crippen LogP contribution in [0.25, 0.3) is 0 Å². The van der Waals surface area contributed by atoms with Gasteiger partial charge in [-0.2, -0.15) is 0 Å². The Hall–Kier alpha value is -2.64. The zero-order chi connectivity index (χ0) is 20.5. The highest BCUT2D eigenvalue weighted by Crippen LogP contribution is 2.40. The molecule has 1 atom stereocenters. The molecule has 0 saturated carbocycles. The van der Waals surface area contributed by atoms with Gasteiger partial charge in [0.25, 0.3) is 0 Å². The molecule has 0 spiro atoms. The molecule has 158 valence electrons. The molecule has 1 saturated heterocycles. The van der Waals surface area contributed by atoms with E-state index in [-0.39, 0.29) is 25.3 Å². The van der Waals surface area contributed by atoms with E-state index in [0.29, 0.717) is 35.4 Å². The van der Waals surface area contributed by atoms with Crippen molar-refractivity contribution in [2.45, 2.75) is 25.3 Å². The molecule has 0 aromatic heterocycles. The summed E-state index contributed by atoms with van der Waals surface area (Å²) in [7, 11) is 0. The second-order valence-corrected chi connectivity index (χ2v) is 8.03. The van der Waals surface area contributed by atoms with Gasteiger partial charge in [0.05, 0.1) is 30.5 Å². The fraction of sp³-hybridized carbons (Fsp3) is 0.409. The van der Waals surface area contributed by atoms with E-state index < -0.39 is 0 Å². The number of carbonyl (C=O) groups excluding carboxylic acids is 1. The van der Waals surface area contributed by atoms with Gasteiger partial charge in [-0.3, -0.25) is 9.69 Å². The molecule has 0 bridgehead atoms. The van der Waals surface area contributed by atoms with Crippen LogP contribution in [0.15, 0.2) is 30.3 Å². The van der Waals surface area contributed by atoms with E-state index in [2.05, 4.69) is 22.3 Å². The lowest BCUT2D eigenvalue weighted by Gasteiger charge is -2.25. The predicted octanol–water partition coefficient (Wildman–Crippen LogP) is 4.01. The standard InChI is InChI=1S/C22H23ClN2O5/c23-15-10-20-21(30-13-29-20)11-16(15)24-22(26)12-25-6-1-3-17(25)14-4-5-18-19(9-14)28-8-2-7-27-18/h4-5,9-11,17H,1-3,6-8,12-13H2,(H,24,26)/t17-/m0/s1. The Labute approximate surface area is 179 Å². The third-order valence-corrected chi connectivity index (χ3v) is 5.92. The van der Waals surface area contributed by atoms with Gasteiger partial charge >= 0.3 is 0 Å². The summed E-state index contributed by atoms with van der Waals surface area (Å²) in [5.74, 6) is 2.63. The zero-order valence-electron chi connectivity index (χ0n) is 16.5. The lowest BCUT2D eigenvalue weighted by molar-refractivity contribution is -0.117. The van der Waals surface area contributed by atoms with Crippen LogP contribution in [-0.2, 0) is 4.79 Å². The minimum Gasteiger partial charge on any atom is -0.490 e. The molecule has 0 unspecified atom stereocenters. The summed E-state index contributed by atoms with van der Waals surface area (Å²) in [5, 5.41) is 3.33. The SMILES string of the molecule is O=C(CN1CCC[C@H]1c1ccc2c(c1)OCCCO2)Nc1cc2c(cc1Cl)OCO2. The molecule has 3 aliphatic heterocycles. The number of hydrogen-bond acceptors (Lipinski definition) is 6. The largest absolute Gasteiger partial charge is 0.490 e. The number of halogens is 1. The molecular weight excluding hydrogens is 408 g/mol. The maximum atomic E-state index is 12.7. The minimum atomic E-state index is -0.114. The first kappa shape index (κ1) is 19.3. The Bertz CT molecular complexity index is 967. The molecule has 3 heterocycles. The van der Waals surface area contributed by atoms with Crippen molar-refractivity contribution in [3.8, 4) is 23.0 Å². The van der Waals surface area contributed by atoms with Gasteiger partial charge in [-0.1, -0.05) is 17.7 Å². The number of benzene rings is 2. The van der Waals surface area contributed by atoms with Gasteiger partial charge < -0.3 is 24.3 Å². The van der Waals surface area contributed by atoms with E-state index in [9.17, 15) is 4.79 Å². The Balaban J connectivity index is 1.28. The summed E-state index contributed by atoms with van der Waals surface area (Å²) in [5.41, 5.74) is 1.67. The number of likely N-dealkylation sites (tertiary alicyclic amines) is 1. The molecular formula is C22H23ClN2O5. The van der Waals surface area contributed by atoms with Crippen molar-refractivity contribution in [1.82, 2.24) is 4.90 Å². The van der Waals surface area contributed by atoms with Crippen molar-refractivity contribution in [3.63, 3.8) is 0 Å². The number of anilines is 1. The number of hydrogen-bond donors (Lipinski definition) is 1. The van der Waals surface area contributed by atoms with Crippen LogP contribution in [0.1, 0.15) is 30.9 Å². The predicted molar refractivity (Wildman–Crippen MR) is 112 cm³/mol. The first-order chi connectivity index (χ1) is 14.7. The number of nitrogens with zero attached hydrogens (tertiary/aromatic N) is 1. The molecule has 3 aliphatic rings. The third kappa shape index (κ3) is 3.87. The van der Waals surface area contributed by atoms with Gasteiger partial charge in [0.1, 0.15) is 0 Å². The van der Waals surface area contributed by atoms with E-state index >= 15 is 0 Å². The molecule has 1 fully saturated rings. The summed E-state index contributed by atoms with van der Waals surface area (Å²) in [4.78, 5) is 14.9. The summed E-state index contributed by atoms with van der Waals surface area (Å²) in [6, 6.07) is 9.63. The van der Waals surface area contributed by atoms with Crippen LogP contribution in [0.5, 0.6) is 23.0 Å². The Morgan fingerprint density at radius 1 is 1.00 bits per heavy atom. The molecule has 0 aliphatic carbocycles. The van der Waals surface area contributed by atoms with Gasteiger partial charge in [0.15, 0.2) is 23.0 Å². The van der Waals surface area contributed by atoms with Crippen LogP contribution < -0.4 is 24.3 Å². The van der Waals surface area contributed by atoms with Crippen molar-refractivity contribution < 1.29 is 23.7 Å². The first-order valence-electron chi connectivity index (χ1n) is 10.2. The van der Waals surface area contributed by atoms with Gasteiger partial charge in [-0.15, -0.1) is 0 Å². The molecule has 0 radical (unpaired) electrons. The molecule has 30 heavy (non-hydrogen) atoms. The summed E-state index contributed by atoms with van der Waals surface area (Å²) < 4.78 is 22.3.